The van der Waals surface area contributed by atoms with Crippen molar-refractivity contribution in [2.45, 2.75) is 19.6 Å². The molecule has 7 nitrogen and oxygen atoms in total. The minimum Gasteiger partial charge on any atom is -0.396 e. The number of hydrogen-bond acceptors (Lipinski definition) is 6. The molecular weight excluding hydrogens is 246 g/mol. The summed E-state index contributed by atoms with van der Waals surface area (Å²) in [4.78, 5) is 11.2. The van der Waals surface area contributed by atoms with Gasteiger partial charge in [-0.15, -0.1) is 0 Å². The molecule has 6 N–H and O–H groups in total. The lowest BCUT2D eigenvalue weighted by molar-refractivity contribution is 0.0803. The van der Waals surface area contributed by atoms with E-state index in [1.807, 2.05) is 6.20 Å². The summed E-state index contributed by atoms with van der Waals surface area (Å²) < 4.78 is 0. The Kier molecular flexibility index (Phi) is 4.31. The lowest BCUT2D eigenvalue weighted by Crippen LogP contribution is -2.32. The van der Waals surface area contributed by atoms with Crippen molar-refractivity contribution in [1.29, 1.82) is 0 Å². The van der Waals surface area contributed by atoms with Gasteiger partial charge in [0, 0.05) is 37.4 Å². The molecule has 2 atom stereocenters. The Morgan fingerprint density at radius 3 is 2.95 bits per heavy atom. The summed E-state index contributed by atoms with van der Waals surface area (Å²) in [6.07, 6.45) is 2.72. The quantitative estimate of drug-likeness (QED) is 0.485. The molecule has 2 rings (SSSR count). The van der Waals surface area contributed by atoms with E-state index in [9.17, 15) is 5.11 Å². The van der Waals surface area contributed by atoms with E-state index in [2.05, 4.69) is 20.3 Å². The van der Waals surface area contributed by atoms with Crippen molar-refractivity contribution in [1.82, 2.24) is 20.3 Å². The fraction of sp³-hybridized carbons (Fsp3) is 0.500. The largest absolute Gasteiger partial charge is 0.396 e. The lowest BCUT2D eigenvalue weighted by Gasteiger charge is -2.17. The Morgan fingerprint density at radius 1 is 1.47 bits per heavy atom. The van der Waals surface area contributed by atoms with Crippen LogP contribution in [0.25, 0.3) is 11.0 Å². The minimum absolute atomic E-state index is 0.0479. The summed E-state index contributed by atoms with van der Waals surface area (Å²) in [5, 5.41) is 21.7. The Hall–Kier alpha value is -1.70. The first-order chi connectivity index (χ1) is 9.13. The predicted molar refractivity (Wildman–Crippen MR) is 72.3 cm³/mol. The summed E-state index contributed by atoms with van der Waals surface area (Å²) >= 11 is 0. The van der Waals surface area contributed by atoms with Gasteiger partial charge in [0.2, 0.25) is 0 Å². The van der Waals surface area contributed by atoms with Gasteiger partial charge in [0.15, 0.2) is 5.82 Å². The average Bonchev–Trinajstić information content (AvgIpc) is 2.79. The third-order valence-corrected chi connectivity index (χ3v) is 3.21. The molecule has 0 saturated heterocycles. The van der Waals surface area contributed by atoms with Crippen LogP contribution < -0.4 is 11.1 Å². The van der Waals surface area contributed by atoms with E-state index in [1.165, 1.54) is 6.33 Å². The second kappa shape index (κ2) is 5.96. The monoisotopic (exact) mass is 265 g/mol. The van der Waals surface area contributed by atoms with Gasteiger partial charge < -0.3 is 26.2 Å². The fourth-order valence-electron chi connectivity index (χ4n) is 1.93. The van der Waals surface area contributed by atoms with Gasteiger partial charge in [-0.1, -0.05) is 0 Å². The number of rotatable bonds is 6. The summed E-state index contributed by atoms with van der Waals surface area (Å²) in [7, 11) is 0. The molecule has 19 heavy (non-hydrogen) atoms. The molecule has 0 bridgehead atoms. The van der Waals surface area contributed by atoms with Crippen LogP contribution >= 0.6 is 0 Å². The zero-order valence-corrected chi connectivity index (χ0v) is 10.8. The first-order valence-corrected chi connectivity index (χ1v) is 6.19. The van der Waals surface area contributed by atoms with Crippen LogP contribution in [0.5, 0.6) is 0 Å². The lowest BCUT2D eigenvalue weighted by atomic mass is 10.1. The molecule has 104 valence electrons. The summed E-state index contributed by atoms with van der Waals surface area (Å²) in [5.74, 6) is 0.248. The number of aromatic nitrogens is 3. The fourth-order valence-corrected chi connectivity index (χ4v) is 1.93. The molecule has 0 spiro atoms. The molecule has 0 fully saturated rings. The molecule has 1 unspecified atom stereocenters. The molecule has 0 aliphatic heterocycles. The number of aliphatic hydroxyl groups excluding tert-OH is 2. The zero-order chi connectivity index (χ0) is 13.8. The minimum atomic E-state index is -0.543. The third-order valence-electron chi connectivity index (χ3n) is 3.21. The maximum atomic E-state index is 9.43. The molecule has 0 aliphatic rings. The number of nitrogens with zero attached hydrogens (tertiary/aromatic N) is 2. The number of nitrogen functional groups attached to an aromatic ring is 1. The van der Waals surface area contributed by atoms with Crippen molar-refractivity contribution in [2.75, 3.05) is 18.9 Å². The number of hydrogen-bond donors (Lipinski definition) is 5. The maximum Gasteiger partial charge on any atom is 0.151 e. The second-order valence-corrected chi connectivity index (χ2v) is 4.61. The highest BCUT2D eigenvalue weighted by molar-refractivity contribution is 5.86. The van der Waals surface area contributed by atoms with Crippen molar-refractivity contribution in [2.24, 2.45) is 5.92 Å². The SMILES string of the molecule is C[C@H](O)C(CO)CNCc1c[nH]c2c(N)ncnc12. The van der Waals surface area contributed by atoms with E-state index in [0.717, 1.165) is 16.6 Å². The molecule has 0 saturated carbocycles. The van der Waals surface area contributed by atoms with Gasteiger partial charge in [-0.2, -0.15) is 0 Å². The Morgan fingerprint density at radius 2 is 2.26 bits per heavy atom. The Balaban J connectivity index is 2.01. The van der Waals surface area contributed by atoms with E-state index < -0.39 is 6.10 Å². The van der Waals surface area contributed by atoms with Crippen LogP contribution in [0.1, 0.15) is 12.5 Å². The van der Waals surface area contributed by atoms with Gasteiger partial charge >= 0.3 is 0 Å². The highest BCUT2D eigenvalue weighted by Gasteiger charge is 2.14. The zero-order valence-electron chi connectivity index (χ0n) is 10.8. The molecule has 2 aromatic heterocycles. The Labute approximate surface area is 110 Å². The van der Waals surface area contributed by atoms with Gasteiger partial charge in [-0.25, -0.2) is 9.97 Å². The van der Waals surface area contributed by atoms with Crippen molar-refractivity contribution < 1.29 is 10.2 Å². The number of anilines is 1. The summed E-state index contributed by atoms with van der Waals surface area (Å²) in [6, 6.07) is 0. The molecule has 0 amide bonds. The topological polar surface area (TPSA) is 120 Å². The number of aliphatic hydroxyl groups is 2. The van der Waals surface area contributed by atoms with E-state index in [0.29, 0.717) is 18.9 Å². The molecule has 0 radical (unpaired) electrons. The molecule has 2 heterocycles. The smallest absolute Gasteiger partial charge is 0.151 e. The summed E-state index contributed by atoms with van der Waals surface area (Å²) in [6.45, 7) is 2.73. The van der Waals surface area contributed by atoms with Crippen molar-refractivity contribution in [3.05, 3.63) is 18.1 Å². The number of nitrogens with two attached hydrogens (primary N) is 1. The van der Waals surface area contributed by atoms with Crippen LogP contribution in [0, 0.1) is 5.92 Å². The maximum absolute atomic E-state index is 9.43. The molecule has 0 aromatic carbocycles. The number of aromatic amines is 1. The van der Waals surface area contributed by atoms with Crippen LogP contribution in [-0.2, 0) is 6.54 Å². The first-order valence-electron chi connectivity index (χ1n) is 6.19. The highest BCUT2D eigenvalue weighted by Crippen LogP contribution is 2.18. The summed E-state index contributed by atoms with van der Waals surface area (Å²) in [5.41, 5.74) is 8.24. The average molecular weight is 265 g/mol. The highest BCUT2D eigenvalue weighted by atomic mass is 16.3. The van der Waals surface area contributed by atoms with Gasteiger partial charge in [0.25, 0.3) is 0 Å². The van der Waals surface area contributed by atoms with E-state index in [1.54, 1.807) is 6.92 Å². The number of nitrogens with one attached hydrogen (secondary N) is 2. The van der Waals surface area contributed by atoms with E-state index in [4.69, 9.17) is 10.8 Å². The molecule has 2 aromatic rings. The first kappa shape index (κ1) is 13.7. The van der Waals surface area contributed by atoms with Gasteiger partial charge in [0.05, 0.1) is 11.6 Å². The van der Waals surface area contributed by atoms with Gasteiger partial charge in [-0.3, -0.25) is 0 Å². The van der Waals surface area contributed by atoms with Crippen LogP contribution in [0.4, 0.5) is 5.82 Å². The number of H-pyrrole nitrogens is 1. The standard InChI is InChI=1S/C12H19N5O2/c1-7(19)9(5-18)3-14-2-8-4-15-11-10(8)16-6-17-12(11)13/h4,6-7,9,14-15,18-19H,2-3,5H2,1H3,(H2,13,16,17)/t7-,9?/m0/s1. The van der Waals surface area contributed by atoms with Crippen LogP contribution in [0.2, 0.25) is 0 Å². The van der Waals surface area contributed by atoms with Crippen LogP contribution in [0.3, 0.4) is 0 Å². The number of fused-ring (bicyclic) bond motifs is 1. The van der Waals surface area contributed by atoms with Gasteiger partial charge in [0.1, 0.15) is 11.8 Å². The van der Waals surface area contributed by atoms with Crippen LogP contribution in [0.15, 0.2) is 12.5 Å². The van der Waals surface area contributed by atoms with E-state index >= 15 is 0 Å². The third kappa shape index (κ3) is 3.01. The second-order valence-electron chi connectivity index (χ2n) is 4.61. The van der Waals surface area contributed by atoms with E-state index in [-0.39, 0.29) is 12.5 Å². The van der Waals surface area contributed by atoms with Crippen molar-refractivity contribution >= 4 is 16.9 Å². The van der Waals surface area contributed by atoms with Crippen molar-refractivity contribution in [3.63, 3.8) is 0 Å². The normalized spacial score (nSPS) is 14.7. The van der Waals surface area contributed by atoms with Crippen LogP contribution in [-0.4, -0.2) is 44.4 Å². The van der Waals surface area contributed by atoms with Crippen molar-refractivity contribution in [3.8, 4) is 0 Å². The molecular formula is C12H19N5O2. The predicted octanol–water partition coefficient (Wildman–Crippen LogP) is -0.381. The molecule has 7 heteroatoms. The molecule has 0 aliphatic carbocycles. The van der Waals surface area contributed by atoms with Gasteiger partial charge in [-0.05, 0) is 6.92 Å². The Bertz CT molecular complexity index is 540.